The predicted molar refractivity (Wildman–Crippen MR) is 62.7 cm³/mol. The van der Waals surface area contributed by atoms with Crippen LogP contribution in [0.2, 0.25) is 0 Å². The van der Waals surface area contributed by atoms with Crippen LogP contribution in [0.5, 0.6) is 0 Å². The molecule has 1 aromatic rings. The van der Waals surface area contributed by atoms with Crippen LogP contribution >= 0.6 is 0 Å². The lowest BCUT2D eigenvalue weighted by Gasteiger charge is -2.17. The molecule has 0 aliphatic heterocycles. The lowest BCUT2D eigenvalue weighted by molar-refractivity contribution is -0.385. The third kappa shape index (κ3) is 3.47. The van der Waals surface area contributed by atoms with Crippen molar-refractivity contribution in [1.29, 1.82) is 0 Å². The molecule has 0 saturated carbocycles. The smallest absolute Gasteiger partial charge is 0.287 e. The first-order chi connectivity index (χ1) is 7.65. The molecule has 0 radical (unpaired) electrons. The third-order valence-electron chi connectivity index (χ3n) is 2.25. The van der Waals surface area contributed by atoms with Gasteiger partial charge in [-0.05, 0) is 26.1 Å². The normalized spacial score (nSPS) is 10.1. The van der Waals surface area contributed by atoms with Crippen molar-refractivity contribution in [1.82, 2.24) is 10.3 Å². The highest BCUT2D eigenvalue weighted by Crippen LogP contribution is 2.14. The maximum absolute atomic E-state index is 10.4. The van der Waals surface area contributed by atoms with Gasteiger partial charge in [0.05, 0.1) is 4.92 Å². The van der Waals surface area contributed by atoms with E-state index in [9.17, 15) is 10.1 Å². The van der Waals surface area contributed by atoms with Crippen LogP contribution in [0.4, 0.5) is 11.5 Å². The van der Waals surface area contributed by atoms with E-state index >= 15 is 0 Å². The van der Waals surface area contributed by atoms with Gasteiger partial charge in [-0.1, -0.05) is 0 Å². The van der Waals surface area contributed by atoms with E-state index in [1.165, 1.54) is 12.3 Å². The molecule has 1 heterocycles. The predicted octanol–water partition coefficient (Wildman–Crippen LogP) is 1.04. The fourth-order valence-electron chi connectivity index (χ4n) is 1.32. The number of aromatic nitrogens is 1. The van der Waals surface area contributed by atoms with Crippen LogP contribution in [0.3, 0.4) is 0 Å². The van der Waals surface area contributed by atoms with Gasteiger partial charge >= 0.3 is 0 Å². The molecule has 0 aliphatic carbocycles. The van der Waals surface area contributed by atoms with Gasteiger partial charge in [0.1, 0.15) is 12.0 Å². The first-order valence-corrected chi connectivity index (χ1v) is 5.11. The summed E-state index contributed by atoms with van der Waals surface area (Å²) in [6.07, 6.45) is 2.29. The maximum atomic E-state index is 10.4. The molecule has 0 fully saturated rings. The van der Waals surface area contributed by atoms with Crippen LogP contribution in [-0.2, 0) is 0 Å². The van der Waals surface area contributed by atoms with E-state index in [2.05, 4.69) is 10.3 Å². The Bertz CT molecular complexity index is 339. The molecule has 1 aromatic heterocycles. The summed E-state index contributed by atoms with van der Waals surface area (Å²) < 4.78 is 0. The fourth-order valence-corrected chi connectivity index (χ4v) is 1.32. The fraction of sp³-hybridized carbons (Fsp3) is 0.500. The first-order valence-electron chi connectivity index (χ1n) is 5.11. The van der Waals surface area contributed by atoms with E-state index in [4.69, 9.17) is 0 Å². The molecule has 0 spiro atoms. The van der Waals surface area contributed by atoms with Gasteiger partial charge in [-0.3, -0.25) is 10.1 Å². The van der Waals surface area contributed by atoms with Gasteiger partial charge in [0, 0.05) is 19.7 Å². The molecule has 88 valence electrons. The monoisotopic (exact) mass is 224 g/mol. The van der Waals surface area contributed by atoms with Crippen molar-refractivity contribution in [3.63, 3.8) is 0 Å². The number of nitro groups is 1. The van der Waals surface area contributed by atoms with Crippen LogP contribution in [0.15, 0.2) is 18.3 Å². The number of hydrogen-bond donors (Lipinski definition) is 1. The number of pyridine rings is 1. The van der Waals surface area contributed by atoms with Crippen molar-refractivity contribution < 1.29 is 4.92 Å². The van der Waals surface area contributed by atoms with Crippen LogP contribution in [-0.4, -0.2) is 37.1 Å². The summed E-state index contributed by atoms with van der Waals surface area (Å²) in [6.45, 7) is 1.81. The molecule has 1 rings (SSSR count). The Morgan fingerprint density at radius 1 is 1.56 bits per heavy atom. The van der Waals surface area contributed by atoms with Crippen molar-refractivity contribution >= 4 is 11.5 Å². The van der Waals surface area contributed by atoms with E-state index in [0.717, 1.165) is 25.3 Å². The van der Waals surface area contributed by atoms with Crippen molar-refractivity contribution in [3.05, 3.63) is 28.4 Å². The quantitative estimate of drug-likeness (QED) is 0.444. The summed E-state index contributed by atoms with van der Waals surface area (Å²) in [4.78, 5) is 16.0. The largest absolute Gasteiger partial charge is 0.360 e. The summed E-state index contributed by atoms with van der Waals surface area (Å²) in [5.41, 5.74) is 0.0207. The topological polar surface area (TPSA) is 71.3 Å². The van der Waals surface area contributed by atoms with Gasteiger partial charge in [0.25, 0.3) is 5.69 Å². The minimum absolute atomic E-state index is 0.0207. The van der Waals surface area contributed by atoms with Crippen LogP contribution in [0.1, 0.15) is 6.42 Å². The summed E-state index contributed by atoms with van der Waals surface area (Å²) in [6, 6.07) is 3.13. The minimum atomic E-state index is -0.447. The molecule has 0 saturated heterocycles. The van der Waals surface area contributed by atoms with Gasteiger partial charge in [0.15, 0.2) is 0 Å². The lowest BCUT2D eigenvalue weighted by atomic mass is 10.3. The molecule has 0 bridgehead atoms. The Labute approximate surface area is 94.4 Å². The molecular formula is C10H16N4O2. The standard InChI is InChI=1S/C10H16N4O2/c1-11-6-3-7-13(2)10-5-4-9(8-12-10)14(15)16/h4-5,8,11H,3,6-7H2,1-2H3. The zero-order valence-electron chi connectivity index (χ0n) is 9.51. The maximum Gasteiger partial charge on any atom is 0.287 e. The second kappa shape index (κ2) is 6.02. The molecule has 0 aromatic carbocycles. The second-order valence-electron chi connectivity index (χ2n) is 3.51. The molecule has 1 N–H and O–H groups in total. The first kappa shape index (κ1) is 12.4. The van der Waals surface area contributed by atoms with E-state index in [-0.39, 0.29) is 5.69 Å². The van der Waals surface area contributed by atoms with Crippen LogP contribution < -0.4 is 10.2 Å². The van der Waals surface area contributed by atoms with Gasteiger partial charge < -0.3 is 10.2 Å². The Hall–Kier alpha value is -1.69. The highest BCUT2D eigenvalue weighted by Gasteiger charge is 2.07. The van der Waals surface area contributed by atoms with Crippen LogP contribution in [0.25, 0.3) is 0 Å². The lowest BCUT2D eigenvalue weighted by Crippen LogP contribution is -2.22. The highest BCUT2D eigenvalue weighted by molar-refractivity contribution is 5.41. The van der Waals surface area contributed by atoms with E-state index < -0.39 is 4.92 Å². The van der Waals surface area contributed by atoms with Crippen molar-refractivity contribution in [3.8, 4) is 0 Å². The molecular weight excluding hydrogens is 208 g/mol. The Balaban J connectivity index is 2.56. The van der Waals surface area contributed by atoms with Crippen molar-refractivity contribution in [2.75, 3.05) is 32.1 Å². The van der Waals surface area contributed by atoms with Crippen molar-refractivity contribution in [2.24, 2.45) is 0 Å². The average molecular weight is 224 g/mol. The number of nitrogens with one attached hydrogen (secondary N) is 1. The zero-order chi connectivity index (χ0) is 12.0. The SMILES string of the molecule is CNCCCN(C)c1ccc([N+](=O)[O-])cn1. The van der Waals surface area contributed by atoms with E-state index in [0.29, 0.717) is 0 Å². The molecule has 0 atom stereocenters. The second-order valence-corrected chi connectivity index (χ2v) is 3.51. The molecule has 0 amide bonds. The van der Waals surface area contributed by atoms with Crippen molar-refractivity contribution in [2.45, 2.75) is 6.42 Å². The minimum Gasteiger partial charge on any atom is -0.360 e. The summed E-state index contributed by atoms with van der Waals surface area (Å²) in [7, 11) is 3.83. The van der Waals surface area contributed by atoms with Gasteiger partial charge in [-0.25, -0.2) is 4.98 Å². The Morgan fingerprint density at radius 2 is 2.31 bits per heavy atom. The molecule has 0 unspecified atom stereocenters. The third-order valence-corrected chi connectivity index (χ3v) is 2.25. The number of nitrogens with zero attached hydrogens (tertiary/aromatic N) is 3. The van der Waals surface area contributed by atoms with Gasteiger partial charge in [-0.15, -0.1) is 0 Å². The zero-order valence-corrected chi connectivity index (χ0v) is 9.51. The number of rotatable bonds is 6. The van der Waals surface area contributed by atoms with Gasteiger partial charge in [-0.2, -0.15) is 0 Å². The average Bonchev–Trinajstić information content (AvgIpc) is 2.29. The summed E-state index contributed by atoms with van der Waals surface area (Å²) in [5.74, 6) is 0.752. The van der Waals surface area contributed by atoms with E-state index in [1.807, 2.05) is 19.0 Å². The number of anilines is 1. The molecule has 6 heteroatoms. The van der Waals surface area contributed by atoms with Gasteiger partial charge in [0.2, 0.25) is 0 Å². The molecule has 6 nitrogen and oxygen atoms in total. The van der Waals surface area contributed by atoms with Crippen LogP contribution in [0, 0.1) is 10.1 Å². The summed E-state index contributed by atoms with van der Waals surface area (Å²) >= 11 is 0. The molecule has 0 aliphatic rings. The highest BCUT2D eigenvalue weighted by atomic mass is 16.6. The van der Waals surface area contributed by atoms with E-state index in [1.54, 1.807) is 6.07 Å². The summed E-state index contributed by atoms with van der Waals surface area (Å²) in [5, 5.41) is 13.5. The molecule has 16 heavy (non-hydrogen) atoms. The Morgan fingerprint density at radius 3 is 2.81 bits per heavy atom. The number of hydrogen-bond acceptors (Lipinski definition) is 5. The Kier molecular flexibility index (Phi) is 4.65.